The van der Waals surface area contributed by atoms with Crippen LogP contribution in [0.4, 0.5) is 11.4 Å². The second-order valence-corrected chi connectivity index (χ2v) is 5.98. The molecule has 1 amide bonds. The van der Waals surface area contributed by atoms with Crippen molar-refractivity contribution in [2.45, 2.75) is 6.54 Å². The molecule has 0 saturated carbocycles. The van der Waals surface area contributed by atoms with Crippen LogP contribution in [0.5, 0.6) is 0 Å². The van der Waals surface area contributed by atoms with E-state index in [9.17, 15) is 4.79 Å². The normalized spacial score (nSPS) is 10.0. The van der Waals surface area contributed by atoms with Gasteiger partial charge in [0.05, 0.1) is 11.3 Å². The summed E-state index contributed by atoms with van der Waals surface area (Å²) in [5.74, 6) is -0.182. The van der Waals surface area contributed by atoms with Gasteiger partial charge in [0.1, 0.15) is 6.07 Å². The van der Waals surface area contributed by atoms with Gasteiger partial charge in [-0.1, -0.05) is 23.7 Å². The molecule has 1 aromatic heterocycles. The van der Waals surface area contributed by atoms with Gasteiger partial charge in [0.25, 0.3) is 5.91 Å². The number of amides is 1. The molecule has 26 heavy (non-hydrogen) atoms. The SMILES string of the molecule is N#Cc1cc(Cl)ccc1NCc1ccc(NC(=O)c2ccncc2)cc1. The first-order chi connectivity index (χ1) is 12.7. The number of aromatic nitrogens is 1. The van der Waals surface area contributed by atoms with Crippen molar-refractivity contribution in [2.75, 3.05) is 10.6 Å². The van der Waals surface area contributed by atoms with Crippen molar-refractivity contribution >= 4 is 28.9 Å². The third-order valence-electron chi connectivity index (χ3n) is 3.74. The second-order valence-electron chi connectivity index (χ2n) is 5.54. The van der Waals surface area contributed by atoms with Crippen LogP contribution in [0.2, 0.25) is 5.02 Å². The van der Waals surface area contributed by atoms with Gasteiger partial charge in [0, 0.05) is 35.2 Å². The highest BCUT2D eigenvalue weighted by Crippen LogP contribution is 2.21. The summed E-state index contributed by atoms with van der Waals surface area (Å²) in [6, 6.07) is 18.1. The zero-order valence-corrected chi connectivity index (χ0v) is 14.5. The molecule has 0 radical (unpaired) electrons. The Bertz CT molecular complexity index is 950. The largest absolute Gasteiger partial charge is 0.380 e. The lowest BCUT2D eigenvalue weighted by Crippen LogP contribution is -2.11. The lowest BCUT2D eigenvalue weighted by molar-refractivity contribution is 0.102. The fraction of sp³-hybridized carbons (Fsp3) is 0.0500. The van der Waals surface area contributed by atoms with E-state index < -0.39 is 0 Å². The molecule has 0 unspecified atom stereocenters. The molecule has 3 rings (SSSR count). The summed E-state index contributed by atoms with van der Waals surface area (Å²) >= 11 is 5.90. The molecule has 2 aromatic carbocycles. The maximum atomic E-state index is 12.1. The summed E-state index contributed by atoms with van der Waals surface area (Å²) in [7, 11) is 0. The number of nitrogens with zero attached hydrogens (tertiary/aromatic N) is 2. The number of rotatable bonds is 5. The average Bonchev–Trinajstić information content (AvgIpc) is 2.68. The Labute approximate surface area is 156 Å². The molecular weight excluding hydrogens is 348 g/mol. The second kappa shape index (κ2) is 8.15. The number of nitriles is 1. The molecule has 1 heterocycles. The molecule has 0 fully saturated rings. The van der Waals surface area contributed by atoms with Crippen LogP contribution in [-0.2, 0) is 6.54 Å². The topological polar surface area (TPSA) is 77.8 Å². The molecular formula is C20H15ClN4O. The van der Waals surface area contributed by atoms with E-state index in [1.54, 1.807) is 42.7 Å². The van der Waals surface area contributed by atoms with Crippen LogP contribution in [0.15, 0.2) is 67.0 Å². The molecule has 6 heteroatoms. The number of nitrogens with one attached hydrogen (secondary N) is 2. The number of anilines is 2. The van der Waals surface area contributed by atoms with Crippen LogP contribution in [-0.4, -0.2) is 10.9 Å². The summed E-state index contributed by atoms with van der Waals surface area (Å²) < 4.78 is 0. The Morgan fingerprint density at radius 3 is 2.50 bits per heavy atom. The maximum Gasteiger partial charge on any atom is 0.255 e. The molecule has 0 spiro atoms. The number of hydrogen-bond donors (Lipinski definition) is 2. The first-order valence-corrected chi connectivity index (χ1v) is 8.27. The Balaban J connectivity index is 1.62. The number of pyridine rings is 1. The van der Waals surface area contributed by atoms with E-state index in [1.807, 2.05) is 24.3 Å². The van der Waals surface area contributed by atoms with Gasteiger partial charge in [-0.2, -0.15) is 5.26 Å². The fourth-order valence-corrected chi connectivity index (χ4v) is 2.54. The Morgan fingerprint density at radius 2 is 1.81 bits per heavy atom. The summed E-state index contributed by atoms with van der Waals surface area (Å²) in [6.45, 7) is 0.550. The van der Waals surface area contributed by atoms with Crippen LogP contribution in [0, 0.1) is 11.3 Å². The predicted octanol–water partition coefficient (Wildman–Crippen LogP) is 4.47. The van der Waals surface area contributed by atoms with Gasteiger partial charge in [-0.05, 0) is 48.0 Å². The molecule has 0 atom stereocenters. The number of carbonyl (C=O) groups is 1. The predicted molar refractivity (Wildman–Crippen MR) is 102 cm³/mol. The van der Waals surface area contributed by atoms with Crippen molar-refractivity contribution in [3.63, 3.8) is 0 Å². The van der Waals surface area contributed by atoms with Crippen molar-refractivity contribution in [3.8, 4) is 6.07 Å². The van der Waals surface area contributed by atoms with Crippen LogP contribution in [0.1, 0.15) is 21.5 Å². The first-order valence-electron chi connectivity index (χ1n) is 7.89. The van der Waals surface area contributed by atoms with E-state index in [-0.39, 0.29) is 5.91 Å². The standard InChI is InChI=1S/C20H15ClN4O/c21-17-3-6-19(16(11-17)12-22)24-13-14-1-4-18(5-2-14)25-20(26)15-7-9-23-10-8-15/h1-11,24H,13H2,(H,25,26). The highest BCUT2D eigenvalue weighted by molar-refractivity contribution is 6.30. The van der Waals surface area contributed by atoms with Gasteiger partial charge < -0.3 is 10.6 Å². The smallest absolute Gasteiger partial charge is 0.255 e. The Morgan fingerprint density at radius 1 is 1.08 bits per heavy atom. The Kier molecular flexibility index (Phi) is 5.47. The van der Waals surface area contributed by atoms with Crippen LogP contribution >= 0.6 is 11.6 Å². The molecule has 0 aliphatic carbocycles. The van der Waals surface area contributed by atoms with Crippen molar-refractivity contribution in [2.24, 2.45) is 0 Å². The number of halogens is 1. The van der Waals surface area contributed by atoms with Crippen molar-refractivity contribution < 1.29 is 4.79 Å². The summed E-state index contributed by atoms with van der Waals surface area (Å²) in [6.07, 6.45) is 3.16. The zero-order chi connectivity index (χ0) is 18.4. The highest BCUT2D eigenvalue weighted by atomic mass is 35.5. The van der Waals surface area contributed by atoms with E-state index >= 15 is 0 Å². The Hall–Kier alpha value is -3.36. The highest BCUT2D eigenvalue weighted by Gasteiger charge is 2.06. The van der Waals surface area contributed by atoms with Gasteiger partial charge in [-0.25, -0.2) is 0 Å². The van der Waals surface area contributed by atoms with Crippen LogP contribution < -0.4 is 10.6 Å². The van der Waals surface area contributed by atoms with Gasteiger partial charge in [0.15, 0.2) is 0 Å². The third kappa shape index (κ3) is 4.38. The summed E-state index contributed by atoms with van der Waals surface area (Å²) in [5.41, 5.74) is 3.51. The number of carbonyl (C=O) groups excluding carboxylic acids is 1. The fourth-order valence-electron chi connectivity index (χ4n) is 2.37. The van der Waals surface area contributed by atoms with E-state index in [0.29, 0.717) is 28.4 Å². The molecule has 0 saturated heterocycles. The molecule has 2 N–H and O–H groups in total. The minimum Gasteiger partial charge on any atom is -0.380 e. The van der Waals surface area contributed by atoms with Gasteiger partial charge >= 0.3 is 0 Å². The van der Waals surface area contributed by atoms with E-state index in [1.165, 1.54) is 0 Å². The number of hydrogen-bond acceptors (Lipinski definition) is 4. The lowest BCUT2D eigenvalue weighted by Gasteiger charge is -2.10. The van der Waals surface area contributed by atoms with E-state index in [0.717, 1.165) is 11.3 Å². The summed E-state index contributed by atoms with van der Waals surface area (Å²) in [5, 5.41) is 15.7. The van der Waals surface area contributed by atoms with Gasteiger partial charge in [-0.15, -0.1) is 0 Å². The molecule has 5 nitrogen and oxygen atoms in total. The molecule has 3 aromatic rings. The maximum absolute atomic E-state index is 12.1. The van der Waals surface area contributed by atoms with Crippen molar-refractivity contribution in [1.82, 2.24) is 4.98 Å². The molecule has 0 aliphatic heterocycles. The molecule has 0 bridgehead atoms. The minimum atomic E-state index is -0.182. The lowest BCUT2D eigenvalue weighted by atomic mass is 10.1. The van der Waals surface area contributed by atoms with Crippen LogP contribution in [0.25, 0.3) is 0 Å². The minimum absolute atomic E-state index is 0.182. The first kappa shape index (κ1) is 17.5. The van der Waals surface area contributed by atoms with E-state index in [4.69, 9.17) is 16.9 Å². The van der Waals surface area contributed by atoms with E-state index in [2.05, 4.69) is 21.7 Å². The van der Waals surface area contributed by atoms with Crippen LogP contribution in [0.3, 0.4) is 0 Å². The van der Waals surface area contributed by atoms with Crippen molar-refractivity contribution in [3.05, 3.63) is 88.7 Å². The van der Waals surface area contributed by atoms with Crippen molar-refractivity contribution in [1.29, 1.82) is 5.26 Å². The van der Waals surface area contributed by atoms with Gasteiger partial charge in [0.2, 0.25) is 0 Å². The molecule has 0 aliphatic rings. The monoisotopic (exact) mass is 362 g/mol. The average molecular weight is 363 g/mol. The molecule has 128 valence electrons. The quantitative estimate of drug-likeness (QED) is 0.701. The third-order valence-corrected chi connectivity index (χ3v) is 3.97. The summed E-state index contributed by atoms with van der Waals surface area (Å²) in [4.78, 5) is 16.0. The number of benzene rings is 2. The van der Waals surface area contributed by atoms with Gasteiger partial charge in [-0.3, -0.25) is 9.78 Å². The zero-order valence-electron chi connectivity index (χ0n) is 13.7.